The normalized spacial score (nSPS) is 19.6. The highest BCUT2D eigenvalue weighted by molar-refractivity contribution is 7.89. The van der Waals surface area contributed by atoms with Gasteiger partial charge in [-0.3, -0.25) is 0 Å². The average Bonchev–Trinajstić information content (AvgIpc) is 2.92. The van der Waals surface area contributed by atoms with Gasteiger partial charge in [0.2, 0.25) is 10.0 Å². The summed E-state index contributed by atoms with van der Waals surface area (Å²) in [4.78, 5) is 11.0. The fraction of sp³-hybridized carbons (Fsp3) is 0.583. The molecule has 1 aliphatic heterocycles. The van der Waals surface area contributed by atoms with E-state index in [9.17, 15) is 13.2 Å². The Hall–Kier alpha value is -1.42. The van der Waals surface area contributed by atoms with Crippen LogP contribution >= 0.6 is 0 Å². The molecule has 1 unspecified atom stereocenters. The predicted octanol–water partition coefficient (Wildman–Crippen LogP) is -0.100. The quantitative estimate of drug-likeness (QED) is 0.758. The summed E-state index contributed by atoms with van der Waals surface area (Å²) in [6.07, 6.45) is 0.977. The highest BCUT2D eigenvalue weighted by Gasteiger charge is 2.23. The number of nitrogens with one attached hydrogen (secondary N) is 1. The van der Waals surface area contributed by atoms with Crippen LogP contribution in [-0.2, 0) is 26.0 Å². The van der Waals surface area contributed by atoms with E-state index in [0.29, 0.717) is 26.4 Å². The first-order valence-corrected chi connectivity index (χ1v) is 8.05. The van der Waals surface area contributed by atoms with E-state index in [1.807, 2.05) is 0 Å². The van der Waals surface area contributed by atoms with Gasteiger partial charge in [0.1, 0.15) is 10.6 Å². The second-order valence-corrected chi connectivity index (χ2v) is 6.34. The maximum absolute atomic E-state index is 12.2. The lowest BCUT2D eigenvalue weighted by atomic mass is 10.3. The van der Waals surface area contributed by atoms with Crippen LogP contribution in [0.1, 0.15) is 17.4 Å². The Morgan fingerprint density at radius 2 is 2.29 bits per heavy atom. The number of sulfonamides is 1. The van der Waals surface area contributed by atoms with Crippen LogP contribution in [0.25, 0.3) is 0 Å². The van der Waals surface area contributed by atoms with Crippen molar-refractivity contribution in [1.29, 1.82) is 0 Å². The first kappa shape index (κ1) is 16.0. The van der Waals surface area contributed by atoms with Gasteiger partial charge in [-0.05, 0) is 13.0 Å². The molecule has 0 radical (unpaired) electrons. The zero-order valence-electron chi connectivity index (χ0n) is 11.6. The lowest BCUT2D eigenvalue weighted by Gasteiger charge is -2.22. The van der Waals surface area contributed by atoms with Gasteiger partial charge in [-0.25, -0.2) is 17.9 Å². The monoisotopic (exact) mass is 318 g/mol. The molecular formula is C12H18N2O6S. The van der Waals surface area contributed by atoms with Gasteiger partial charge in [0.15, 0.2) is 0 Å². The number of aromatic nitrogens is 1. The molecule has 1 atom stereocenters. The van der Waals surface area contributed by atoms with Gasteiger partial charge in [-0.1, -0.05) is 0 Å². The summed E-state index contributed by atoms with van der Waals surface area (Å²) in [7, 11) is -3.77. The number of hydrogen-bond donors (Lipinski definition) is 2. The van der Waals surface area contributed by atoms with E-state index >= 15 is 0 Å². The number of aromatic carboxylic acids is 1. The van der Waals surface area contributed by atoms with Crippen LogP contribution in [0.15, 0.2) is 17.2 Å². The summed E-state index contributed by atoms with van der Waals surface area (Å²) in [5.41, 5.74) is -0.0601. The molecule has 8 nitrogen and oxygen atoms in total. The minimum Gasteiger partial charge on any atom is -0.477 e. The molecule has 0 spiro atoms. The van der Waals surface area contributed by atoms with E-state index < -0.39 is 16.0 Å². The molecule has 1 aromatic rings. The third-order valence-electron chi connectivity index (χ3n) is 3.13. The number of nitrogens with zero attached hydrogens (tertiary/aromatic N) is 1. The number of carboxylic acid groups (broad SMARTS) is 1. The van der Waals surface area contributed by atoms with Gasteiger partial charge < -0.3 is 19.1 Å². The molecule has 0 aromatic carbocycles. The van der Waals surface area contributed by atoms with Crippen molar-refractivity contribution in [1.82, 2.24) is 9.29 Å². The van der Waals surface area contributed by atoms with E-state index in [0.717, 1.165) is 6.07 Å². The highest BCUT2D eigenvalue weighted by atomic mass is 32.2. The molecule has 0 bridgehead atoms. The van der Waals surface area contributed by atoms with Crippen LogP contribution in [0.4, 0.5) is 0 Å². The number of ether oxygens (including phenoxy) is 2. The molecule has 118 valence electrons. The predicted molar refractivity (Wildman–Crippen MR) is 72.8 cm³/mol. The van der Waals surface area contributed by atoms with Crippen molar-refractivity contribution >= 4 is 16.0 Å². The van der Waals surface area contributed by atoms with Crippen LogP contribution < -0.4 is 4.72 Å². The minimum absolute atomic E-state index is 0.0601. The molecule has 2 rings (SSSR count). The number of carboxylic acids is 1. The second-order valence-electron chi connectivity index (χ2n) is 4.57. The molecule has 21 heavy (non-hydrogen) atoms. The van der Waals surface area contributed by atoms with Crippen molar-refractivity contribution < 1.29 is 27.8 Å². The third kappa shape index (κ3) is 3.82. The van der Waals surface area contributed by atoms with Crippen molar-refractivity contribution in [2.45, 2.75) is 24.5 Å². The smallest absolute Gasteiger partial charge is 0.352 e. The molecule has 2 heterocycles. The number of hydrogen-bond acceptors (Lipinski definition) is 5. The molecule has 2 N–H and O–H groups in total. The molecular weight excluding hydrogens is 300 g/mol. The van der Waals surface area contributed by atoms with E-state index in [2.05, 4.69) is 4.72 Å². The summed E-state index contributed by atoms with van der Waals surface area (Å²) in [6.45, 7) is 3.47. The van der Waals surface area contributed by atoms with Gasteiger partial charge in [0, 0.05) is 19.3 Å². The summed E-state index contributed by atoms with van der Waals surface area (Å²) in [5.74, 6) is -1.16. The fourth-order valence-electron chi connectivity index (χ4n) is 2.01. The van der Waals surface area contributed by atoms with Gasteiger partial charge in [0.05, 0.1) is 25.9 Å². The van der Waals surface area contributed by atoms with Crippen molar-refractivity contribution in [2.75, 3.05) is 26.4 Å². The maximum atomic E-state index is 12.2. The van der Waals surface area contributed by atoms with Crippen molar-refractivity contribution in [3.05, 3.63) is 18.0 Å². The summed E-state index contributed by atoms with van der Waals surface area (Å²) >= 11 is 0. The topological polar surface area (TPSA) is 107 Å². The Bertz CT molecular complexity index is 603. The Morgan fingerprint density at radius 1 is 1.52 bits per heavy atom. The largest absolute Gasteiger partial charge is 0.477 e. The van der Waals surface area contributed by atoms with E-state index in [4.69, 9.17) is 14.6 Å². The number of rotatable bonds is 6. The lowest BCUT2D eigenvalue weighted by molar-refractivity contribution is -0.0846. The molecule has 1 aromatic heterocycles. The summed E-state index contributed by atoms with van der Waals surface area (Å²) < 4.78 is 38.6. The van der Waals surface area contributed by atoms with Crippen molar-refractivity contribution in [2.24, 2.45) is 0 Å². The molecule has 0 saturated carbocycles. The van der Waals surface area contributed by atoms with Crippen LogP contribution in [0.3, 0.4) is 0 Å². The molecule has 0 aliphatic carbocycles. The Labute approximate surface area is 122 Å². The van der Waals surface area contributed by atoms with Crippen LogP contribution in [0, 0.1) is 0 Å². The Kier molecular flexibility index (Phi) is 4.99. The Morgan fingerprint density at radius 3 is 2.81 bits per heavy atom. The number of aryl methyl sites for hydroxylation is 1. The van der Waals surface area contributed by atoms with Gasteiger partial charge >= 0.3 is 5.97 Å². The van der Waals surface area contributed by atoms with Gasteiger partial charge in [0.25, 0.3) is 0 Å². The zero-order chi connectivity index (χ0) is 15.5. The molecule has 1 saturated heterocycles. The SMILES string of the molecule is CCn1cc(S(=O)(=O)NCC2COCCO2)cc1C(=O)O. The minimum atomic E-state index is -3.77. The lowest BCUT2D eigenvalue weighted by Crippen LogP contribution is -2.39. The fourth-order valence-corrected chi connectivity index (χ4v) is 3.12. The molecule has 1 fully saturated rings. The van der Waals surface area contributed by atoms with Crippen molar-refractivity contribution in [3.8, 4) is 0 Å². The first-order valence-electron chi connectivity index (χ1n) is 6.56. The van der Waals surface area contributed by atoms with Crippen molar-refractivity contribution in [3.63, 3.8) is 0 Å². The third-order valence-corrected chi connectivity index (χ3v) is 4.52. The van der Waals surface area contributed by atoms with Gasteiger partial charge in [-0.15, -0.1) is 0 Å². The molecule has 1 aliphatic rings. The van der Waals surface area contributed by atoms with E-state index in [1.54, 1.807) is 6.92 Å². The Balaban J connectivity index is 2.09. The van der Waals surface area contributed by atoms with Crippen LogP contribution in [0.5, 0.6) is 0 Å². The highest BCUT2D eigenvalue weighted by Crippen LogP contribution is 2.15. The molecule has 0 amide bonds. The van der Waals surface area contributed by atoms with E-state index in [-0.39, 0.29) is 23.2 Å². The second kappa shape index (κ2) is 6.56. The summed E-state index contributed by atoms with van der Waals surface area (Å²) in [5, 5.41) is 9.04. The standard InChI is InChI=1S/C12H18N2O6S/c1-2-14-7-10(5-11(14)12(15)16)21(17,18)13-6-9-8-19-3-4-20-9/h5,7,9,13H,2-4,6,8H2,1H3,(H,15,16). The van der Waals surface area contributed by atoms with Crippen LogP contribution in [-0.4, -0.2) is 56.5 Å². The van der Waals surface area contributed by atoms with Crippen LogP contribution in [0.2, 0.25) is 0 Å². The number of carbonyl (C=O) groups is 1. The average molecular weight is 318 g/mol. The van der Waals surface area contributed by atoms with E-state index in [1.165, 1.54) is 10.8 Å². The van der Waals surface area contributed by atoms with Gasteiger partial charge in [-0.2, -0.15) is 0 Å². The molecule has 9 heteroatoms. The first-order chi connectivity index (χ1) is 9.94. The summed E-state index contributed by atoms with van der Waals surface area (Å²) in [6, 6.07) is 1.15. The maximum Gasteiger partial charge on any atom is 0.352 e. The zero-order valence-corrected chi connectivity index (χ0v) is 12.4.